The SMILES string of the molecule is O=C(NS)C1CCC(O)C1. The number of thiol groups is 1. The lowest BCUT2D eigenvalue weighted by atomic mass is 10.1. The van der Waals surface area contributed by atoms with Gasteiger partial charge in [-0.05, 0) is 19.3 Å². The van der Waals surface area contributed by atoms with E-state index in [0.717, 1.165) is 12.8 Å². The van der Waals surface area contributed by atoms with Crippen molar-refractivity contribution in [2.24, 2.45) is 5.92 Å². The summed E-state index contributed by atoms with van der Waals surface area (Å²) >= 11 is 3.64. The largest absolute Gasteiger partial charge is 0.393 e. The van der Waals surface area contributed by atoms with Crippen molar-refractivity contribution in [2.45, 2.75) is 25.4 Å². The number of hydrogen-bond donors (Lipinski definition) is 3. The van der Waals surface area contributed by atoms with Crippen molar-refractivity contribution in [3.05, 3.63) is 0 Å². The Labute approximate surface area is 65.4 Å². The van der Waals surface area contributed by atoms with Crippen LogP contribution in [0.15, 0.2) is 0 Å². The zero-order valence-electron chi connectivity index (χ0n) is 5.58. The smallest absolute Gasteiger partial charge is 0.232 e. The Morgan fingerprint density at radius 1 is 1.60 bits per heavy atom. The standard InChI is InChI=1S/C6H11NO2S/c8-5-2-1-4(3-5)6(9)7-10/h4-5,8,10H,1-3H2,(H,7,9). The zero-order chi connectivity index (χ0) is 7.56. The molecule has 2 unspecified atom stereocenters. The first-order valence-corrected chi connectivity index (χ1v) is 3.80. The maximum Gasteiger partial charge on any atom is 0.232 e. The van der Waals surface area contributed by atoms with Crippen molar-refractivity contribution in [1.82, 2.24) is 4.72 Å². The van der Waals surface area contributed by atoms with Crippen LogP contribution in [0.3, 0.4) is 0 Å². The van der Waals surface area contributed by atoms with Crippen molar-refractivity contribution in [2.75, 3.05) is 0 Å². The van der Waals surface area contributed by atoms with E-state index < -0.39 is 0 Å². The van der Waals surface area contributed by atoms with E-state index in [1.165, 1.54) is 0 Å². The minimum absolute atomic E-state index is 0.0208. The van der Waals surface area contributed by atoms with Crippen LogP contribution in [0.2, 0.25) is 0 Å². The van der Waals surface area contributed by atoms with Crippen LogP contribution in [-0.4, -0.2) is 17.1 Å². The van der Waals surface area contributed by atoms with Crippen molar-refractivity contribution in [3.8, 4) is 0 Å². The van der Waals surface area contributed by atoms with E-state index in [2.05, 4.69) is 17.5 Å². The van der Waals surface area contributed by atoms with Gasteiger partial charge in [0.25, 0.3) is 0 Å². The highest BCUT2D eigenvalue weighted by molar-refractivity contribution is 7.78. The zero-order valence-corrected chi connectivity index (χ0v) is 6.47. The van der Waals surface area contributed by atoms with Crippen LogP contribution in [0.25, 0.3) is 0 Å². The van der Waals surface area contributed by atoms with Crippen LogP contribution in [0.1, 0.15) is 19.3 Å². The summed E-state index contributed by atoms with van der Waals surface area (Å²) < 4.78 is 2.27. The van der Waals surface area contributed by atoms with Crippen molar-refractivity contribution >= 4 is 18.7 Å². The Hall–Kier alpha value is -0.220. The van der Waals surface area contributed by atoms with E-state index in [9.17, 15) is 4.79 Å². The molecule has 0 aromatic rings. The van der Waals surface area contributed by atoms with Gasteiger partial charge in [-0.3, -0.25) is 4.79 Å². The molecule has 0 spiro atoms. The Bertz CT molecular complexity index is 140. The van der Waals surface area contributed by atoms with Gasteiger partial charge in [-0.2, -0.15) is 0 Å². The van der Waals surface area contributed by atoms with Gasteiger partial charge in [-0.25, -0.2) is 0 Å². The van der Waals surface area contributed by atoms with Crippen LogP contribution in [0, 0.1) is 5.92 Å². The minimum Gasteiger partial charge on any atom is -0.393 e. The second-order valence-corrected chi connectivity index (χ2v) is 2.86. The number of carbonyl (C=O) groups excluding carboxylic acids is 1. The second kappa shape index (κ2) is 3.25. The van der Waals surface area contributed by atoms with E-state index >= 15 is 0 Å². The first kappa shape index (κ1) is 7.88. The molecule has 58 valence electrons. The molecule has 0 aromatic carbocycles. The molecule has 1 fully saturated rings. The van der Waals surface area contributed by atoms with Gasteiger partial charge in [0, 0.05) is 5.92 Å². The monoisotopic (exact) mass is 161 g/mol. The van der Waals surface area contributed by atoms with Crippen LogP contribution < -0.4 is 4.72 Å². The maximum atomic E-state index is 10.9. The molecular weight excluding hydrogens is 150 g/mol. The molecule has 0 aliphatic heterocycles. The summed E-state index contributed by atoms with van der Waals surface area (Å²) in [6, 6.07) is 0. The fourth-order valence-electron chi connectivity index (χ4n) is 1.29. The summed E-state index contributed by atoms with van der Waals surface area (Å²) in [4.78, 5) is 10.9. The average Bonchev–Trinajstić information content (AvgIpc) is 2.34. The van der Waals surface area contributed by atoms with Gasteiger partial charge >= 0.3 is 0 Å². The lowest BCUT2D eigenvalue weighted by molar-refractivity contribution is -0.123. The summed E-state index contributed by atoms with van der Waals surface area (Å²) in [5.74, 6) is -0.0904. The predicted molar refractivity (Wildman–Crippen MR) is 40.5 cm³/mol. The van der Waals surface area contributed by atoms with E-state index in [1.807, 2.05) is 0 Å². The highest BCUT2D eigenvalue weighted by atomic mass is 32.1. The molecule has 2 atom stereocenters. The van der Waals surface area contributed by atoms with Crippen molar-refractivity contribution < 1.29 is 9.90 Å². The van der Waals surface area contributed by atoms with E-state index in [1.54, 1.807) is 0 Å². The average molecular weight is 161 g/mol. The summed E-state index contributed by atoms with van der Waals surface area (Å²) in [6.07, 6.45) is 1.84. The molecular formula is C6H11NO2S. The molecule has 2 N–H and O–H groups in total. The molecule has 1 amide bonds. The van der Waals surface area contributed by atoms with Gasteiger partial charge in [0.1, 0.15) is 0 Å². The summed E-state index contributed by atoms with van der Waals surface area (Å²) in [6.45, 7) is 0. The Balaban J connectivity index is 2.37. The third kappa shape index (κ3) is 1.64. The van der Waals surface area contributed by atoms with E-state index in [-0.39, 0.29) is 17.9 Å². The Kier molecular flexibility index (Phi) is 2.56. The second-order valence-electron chi connectivity index (χ2n) is 2.64. The number of aliphatic hydroxyl groups is 1. The fourth-order valence-corrected chi connectivity index (χ4v) is 1.47. The van der Waals surface area contributed by atoms with Crippen molar-refractivity contribution in [1.29, 1.82) is 0 Å². The molecule has 1 aliphatic rings. The Morgan fingerprint density at radius 3 is 2.70 bits per heavy atom. The van der Waals surface area contributed by atoms with Gasteiger partial charge in [0.2, 0.25) is 5.91 Å². The van der Waals surface area contributed by atoms with E-state index in [0.29, 0.717) is 6.42 Å². The topological polar surface area (TPSA) is 49.3 Å². The summed E-state index contributed by atoms with van der Waals surface area (Å²) in [7, 11) is 0. The van der Waals surface area contributed by atoms with Crippen LogP contribution in [-0.2, 0) is 4.79 Å². The lowest BCUT2D eigenvalue weighted by Crippen LogP contribution is -2.22. The summed E-state index contributed by atoms with van der Waals surface area (Å²) in [5, 5.41) is 9.04. The number of nitrogens with one attached hydrogen (secondary N) is 1. The molecule has 0 bridgehead atoms. The highest BCUT2D eigenvalue weighted by Crippen LogP contribution is 2.25. The Morgan fingerprint density at radius 2 is 2.30 bits per heavy atom. The molecule has 0 saturated heterocycles. The lowest BCUT2D eigenvalue weighted by Gasteiger charge is -2.04. The number of aliphatic hydroxyl groups excluding tert-OH is 1. The molecule has 1 rings (SSSR count). The molecule has 3 nitrogen and oxygen atoms in total. The number of rotatable bonds is 1. The number of amides is 1. The molecule has 0 heterocycles. The van der Waals surface area contributed by atoms with Crippen LogP contribution >= 0.6 is 12.8 Å². The maximum absolute atomic E-state index is 10.9. The normalized spacial score (nSPS) is 32.2. The molecule has 0 aromatic heterocycles. The molecule has 4 heteroatoms. The van der Waals surface area contributed by atoms with Gasteiger partial charge < -0.3 is 9.83 Å². The molecule has 10 heavy (non-hydrogen) atoms. The van der Waals surface area contributed by atoms with Gasteiger partial charge in [0.05, 0.1) is 6.10 Å². The third-order valence-electron chi connectivity index (χ3n) is 1.89. The third-order valence-corrected chi connectivity index (χ3v) is 2.11. The minimum atomic E-state index is -0.282. The first-order valence-electron chi connectivity index (χ1n) is 3.36. The quantitative estimate of drug-likeness (QED) is 0.478. The first-order chi connectivity index (χ1) is 4.74. The molecule has 1 saturated carbocycles. The van der Waals surface area contributed by atoms with Crippen molar-refractivity contribution in [3.63, 3.8) is 0 Å². The molecule has 1 aliphatic carbocycles. The predicted octanol–water partition coefficient (Wildman–Crippen LogP) is 0.108. The number of hydrogen-bond acceptors (Lipinski definition) is 3. The van der Waals surface area contributed by atoms with Crippen LogP contribution in [0.5, 0.6) is 0 Å². The number of carbonyl (C=O) groups is 1. The van der Waals surface area contributed by atoms with E-state index in [4.69, 9.17) is 5.11 Å². The summed E-state index contributed by atoms with van der Waals surface area (Å²) in [5.41, 5.74) is 0. The highest BCUT2D eigenvalue weighted by Gasteiger charge is 2.27. The van der Waals surface area contributed by atoms with Gasteiger partial charge in [0.15, 0.2) is 0 Å². The van der Waals surface area contributed by atoms with Gasteiger partial charge in [-0.15, -0.1) is 0 Å². The van der Waals surface area contributed by atoms with Gasteiger partial charge in [-0.1, -0.05) is 12.8 Å². The fraction of sp³-hybridized carbons (Fsp3) is 0.833. The van der Waals surface area contributed by atoms with Crippen LogP contribution in [0.4, 0.5) is 0 Å². The molecule has 0 radical (unpaired) electrons.